The Bertz CT molecular complexity index is 1380. The zero-order valence-corrected chi connectivity index (χ0v) is 22.5. The van der Waals surface area contributed by atoms with Crippen molar-refractivity contribution in [1.29, 1.82) is 0 Å². The topological polar surface area (TPSA) is 86.8 Å². The van der Waals surface area contributed by atoms with Crippen LogP contribution in [0.25, 0.3) is 0 Å². The summed E-state index contributed by atoms with van der Waals surface area (Å²) in [6, 6.07) is 17.0. The van der Waals surface area contributed by atoms with Gasteiger partial charge in [0.15, 0.2) is 0 Å². The van der Waals surface area contributed by atoms with Crippen molar-refractivity contribution in [1.82, 2.24) is 10.2 Å². The normalized spacial score (nSPS) is 12.5. The molecule has 1 atom stereocenters. The third kappa shape index (κ3) is 7.16. The molecule has 7 nitrogen and oxygen atoms in total. The molecule has 0 saturated heterocycles. The van der Waals surface area contributed by atoms with E-state index in [0.29, 0.717) is 9.87 Å². The molecular weight excluding hydrogens is 512 g/mol. The molecule has 1 N–H and O–H groups in total. The van der Waals surface area contributed by atoms with E-state index in [-0.39, 0.29) is 17.1 Å². The number of carbonyl (C=O) groups is 2. The third-order valence-corrected chi connectivity index (χ3v) is 7.44. The van der Waals surface area contributed by atoms with Gasteiger partial charge in [0.05, 0.1) is 10.6 Å². The first-order valence-electron chi connectivity index (χ1n) is 12.0. The van der Waals surface area contributed by atoms with Crippen molar-refractivity contribution < 1.29 is 26.8 Å². The average Bonchev–Trinajstić information content (AvgIpc) is 2.86. The molecule has 0 fully saturated rings. The number of nitrogens with one attached hydrogen (secondary N) is 1. The number of anilines is 1. The van der Waals surface area contributed by atoms with Crippen molar-refractivity contribution in [3.63, 3.8) is 0 Å². The third-order valence-electron chi connectivity index (χ3n) is 5.66. The zero-order valence-electron chi connectivity index (χ0n) is 21.7. The van der Waals surface area contributed by atoms with Crippen LogP contribution in [-0.4, -0.2) is 43.3 Å². The van der Waals surface area contributed by atoms with Gasteiger partial charge in [-0.15, -0.1) is 0 Å². The summed E-state index contributed by atoms with van der Waals surface area (Å²) in [6.45, 7) is 6.00. The highest BCUT2D eigenvalue weighted by Crippen LogP contribution is 2.27. The maximum Gasteiger partial charge on any atom is 0.264 e. The highest BCUT2D eigenvalue weighted by molar-refractivity contribution is 7.92. The number of halogens is 2. The number of para-hydroxylation sites is 1. The molecule has 3 aromatic carbocycles. The summed E-state index contributed by atoms with van der Waals surface area (Å²) in [6.07, 6.45) is 0. The fourth-order valence-corrected chi connectivity index (χ4v) is 5.17. The maximum absolute atomic E-state index is 14.9. The lowest BCUT2D eigenvalue weighted by Gasteiger charge is -2.33. The fourth-order valence-electron chi connectivity index (χ4n) is 3.73. The van der Waals surface area contributed by atoms with Crippen molar-refractivity contribution in [2.24, 2.45) is 0 Å². The Morgan fingerprint density at radius 3 is 2.05 bits per heavy atom. The average molecular weight is 544 g/mol. The minimum atomic E-state index is -4.36. The molecule has 2 amide bonds. The second-order valence-corrected chi connectivity index (χ2v) is 11.7. The minimum absolute atomic E-state index is 0.103. The molecule has 0 spiro atoms. The van der Waals surface area contributed by atoms with E-state index >= 15 is 0 Å². The highest BCUT2D eigenvalue weighted by atomic mass is 32.2. The van der Waals surface area contributed by atoms with Gasteiger partial charge in [0.25, 0.3) is 10.0 Å². The monoisotopic (exact) mass is 543 g/mol. The van der Waals surface area contributed by atoms with Crippen LogP contribution < -0.4 is 9.62 Å². The molecule has 0 aliphatic carbocycles. The first kappa shape index (κ1) is 28.8. The lowest BCUT2D eigenvalue weighted by molar-refractivity contribution is -0.140. The van der Waals surface area contributed by atoms with E-state index in [1.54, 1.807) is 26.8 Å². The standard InChI is InChI=1S/C28H31F2N3O4S/c1-20(27(35)31-28(2,3)4)32(18-21-14-16-22(29)17-15-21)26(34)19-33(25-13-9-8-12-24(25)30)38(36,37)23-10-6-5-7-11-23/h5-17,20H,18-19H2,1-4H3,(H,31,35)/t20-/m1/s1. The minimum Gasteiger partial charge on any atom is -0.350 e. The van der Waals surface area contributed by atoms with E-state index in [9.17, 15) is 26.8 Å². The predicted molar refractivity (Wildman–Crippen MR) is 142 cm³/mol. The van der Waals surface area contributed by atoms with E-state index in [1.165, 1.54) is 78.6 Å². The van der Waals surface area contributed by atoms with Gasteiger partial charge >= 0.3 is 0 Å². The van der Waals surface area contributed by atoms with Crippen LogP contribution in [0.2, 0.25) is 0 Å². The maximum atomic E-state index is 14.9. The summed E-state index contributed by atoms with van der Waals surface area (Å²) in [7, 11) is -4.36. The molecule has 0 radical (unpaired) electrons. The van der Waals surface area contributed by atoms with Gasteiger partial charge in [-0.05, 0) is 69.7 Å². The molecule has 0 heterocycles. The van der Waals surface area contributed by atoms with Crippen molar-refractivity contribution in [2.75, 3.05) is 10.8 Å². The smallest absolute Gasteiger partial charge is 0.264 e. The summed E-state index contributed by atoms with van der Waals surface area (Å²) < 4.78 is 56.3. The molecule has 0 unspecified atom stereocenters. The van der Waals surface area contributed by atoms with Gasteiger partial charge in [0, 0.05) is 12.1 Å². The summed E-state index contributed by atoms with van der Waals surface area (Å²) in [5, 5.41) is 2.81. The summed E-state index contributed by atoms with van der Waals surface area (Å²) in [5.74, 6) is -2.50. The van der Waals surface area contributed by atoms with Gasteiger partial charge in [0.1, 0.15) is 24.2 Å². The van der Waals surface area contributed by atoms with Gasteiger partial charge in [0.2, 0.25) is 11.8 Å². The van der Waals surface area contributed by atoms with Crippen LogP contribution in [0.1, 0.15) is 33.3 Å². The molecule has 0 saturated carbocycles. The number of hydrogen-bond acceptors (Lipinski definition) is 4. The molecule has 10 heteroatoms. The first-order valence-corrected chi connectivity index (χ1v) is 13.4. The SMILES string of the molecule is C[C@H](C(=O)NC(C)(C)C)N(Cc1ccc(F)cc1)C(=O)CN(c1ccccc1F)S(=O)(=O)c1ccccc1. The Morgan fingerprint density at radius 1 is 0.895 bits per heavy atom. The van der Waals surface area contributed by atoms with Crippen LogP contribution in [0.4, 0.5) is 14.5 Å². The zero-order chi connectivity index (χ0) is 28.1. The Hall–Kier alpha value is -3.79. The number of carbonyl (C=O) groups excluding carboxylic acids is 2. The van der Waals surface area contributed by atoms with Crippen molar-refractivity contribution in [3.05, 3.63) is 96.1 Å². The van der Waals surface area contributed by atoms with Gasteiger partial charge in [-0.1, -0.05) is 42.5 Å². The quantitative estimate of drug-likeness (QED) is 0.431. The number of sulfonamides is 1. The summed E-state index contributed by atoms with van der Waals surface area (Å²) in [4.78, 5) is 27.8. The Morgan fingerprint density at radius 2 is 1.47 bits per heavy atom. The van der Waals surface area contributed by atoms with E-state index < -0.39 is 51.6 Å². The van der Waals surface area contributed by atoms with Gasteiger partial charge in [-0.3, -0.25) is 13.9 Å². The number of rotatable bonds is 9. The van der Waals surface area contributed by atoms with Crippen LogP contribution in [0, 0.1) is 11.6 Å². The number of nitrogens with zero attached hydrogens (tertiary/aromatic N) is 2. The molecule has 0 aliphatic heterocycles. The number of amides is 2. The summed E-state index contributed by atoms with van der Waals surface area (Å²) >= 11 is 0. The number of benzene rings is 3. The van der Waals surface area contributed by atoms with E-state index in [2.05, 4.69) is 5.32 Å². The number of hydrogen-bond donors (Lipinski definition) is 1. The van der Waals surface area contributed by atoms with Gasteiger partial charge in [-0.2, -0.15) is 0 Å². The van der Waals surface area contributed by atoms with Crippen LogP contribution >= 0.6 is 0 Å². The van der Waals surface area contributed by atoms with Crippen molar-refractivity contribution >= 4 is 27.5 Å². The van der Waals surface area contributed by atoms with Crippen LogP contribution in [0.5, 0.6) is 0 Å². The molecule has 38 heavy (non-hydrogen) atoms. The molecule has 3 rings (SSSR count). The largest absolute Gasteiger partial charge is 0.350 e. The van der Waals surface area contributed by atoms with Crippen molar-refractivity contribution in [2.45, 2.75) is 50.7 Å². The second-order valence-electron chi connectivity index (χ2n) is 9.84. The molecule has 0 aromatic heterocycles. The van der Waals surface area contributed by atoms with Crippen LogP contribution in [0.3, 0.4) is 0 Å². The van der Waals surface area contributed by atoms with Crippen molar-refractivity contribution in [3.8, 4) is 0 Å². The lowest BCUT2D eigenvalue weighted by atomic mass is 10.1. The Kier molecular flexibility index (Phi) is 8.88. The van der Waals surface area contributed by atoms with E-state index in [0.717, 1.165) is 6.07 Å². The molecular formula is C28H31F2N3O4S. The second kappa shape index (κ2) is 11.7. The van der Waals surface area contributed by atoms with Crippen LogP contribution in [0.15, 0.2) is 83.8 Å². The predicted octanol–water partition coefficient (Wildman–Crippen LogP) is 4.49. The Balaban J connectivity index is 2.03. The summed E-state index contributed by atoms with van der Waals surface area (Å²) in [5.41, 5.74) is -0.372. The fraction of sp³-hybridized carbons (Fsp3) is 0.286. The lowest BCUT2D eigenvalue weighted by Crippen LogP contribution is -2.54. The van der Waals surface area contributed by atoms with Gasteiger partial charge < -0.3 is 10.2 Å². The highest BCUT2D eigenvalue weighted by Gasteiger charge is 2.34. The molecule has 202 valence electrons. The van der Waals surface area contributed by atoms with Crippen LogP contribution in [-0.2, 0) is 26.2 Å². The van der Waals surface area contributed by atoms with E-state index in [1.807, 2.05) is 0 Å². The van der Waals surface area contributed by atoms with Gasteiger partial charge in [-0.25, -0.2) is 17.2 Å². The molecule has 0 aliphatic rings. The molecule has 0 bridgehead atoms. The first-order chi connectivity index (χ1) is 17.8. The van der Waals surface area contributed by atoms with E-state index in [4.69, 9.17) is 0 Å². The molecule has 3 aromatic rings. The Labute approximate surface area is 222 Å².